The molecule has 0 nitrogen and oxygen atoms in total. The molecule has 0 bridgehead atoms. The Kier molecular flexibility index (Phi) is 14.1. The Morgan fingerprint density at radius 2 is 1.93 bits per heavy atom. The average molecular weight is 277 g/mol. The summed E-state index contributed by atoms with van der Waals surface area (Å²) >= 11 is 0. The van der Waals surface area contributed by atoms with Gasteiger partial charge in [-0.3, -0.25) is 6.58 Å². The first-order chi connectivity index (χ1) is 6.66. The minimum Gasteiger partial charge on any atom is -0.504 e. The maximum Gasteiger partial charge on any atom is 0 e. The fraction of sp³-hybridized carbons (Fsp3) is 0.429. The Bertz CT molecular complexity index is 224. The molecule has 0 unspecified atom stereocenters. The number of hydrogen-bond acceptors (Lipinski definition) is 0. The molecule has 15 heavy (non-hydrogen) atoms. The third-order valence-electron chi connectivity index (χ3n) is 1.34. The number of hydrogen-bond donors (Lipinski definition) is 0. The smallest absolute Gasteiger partial charge is 0 e. The average Bonchev–Trinajstić information content (AvgIpc) is 2.15. The molecule has 0 atom stereocenters. The zero-order valence-electron chi connectivity index (χ0n) is 10.1. The van der Waals surface area contributed by atoms with Crippen molar-refractivity contribution in [3.63, 3.8) is 0 Å². The van der Waals surface area contributed by atoms with Crippen LogP contribution in [0.4, 0.5) is 0 Å². The summed E-state index contributed by atoms with van der Waals surface area (Å²) in [6, 6.07) is 11.1. The van der Waals surface area contributed by atoms with Gasteiger partial charge in [0, 0.05) is 32.7 Å². The molecule has 1 heteroatoms. The topological polar surface area (TPSA) is 0 Å². The molecule has 0 aromatic heterocycles. The fourth-order valence-corrected chi connectivity index (χ4v) is 0.809. The van der Waals surface area contributed by atoms with Crippen LogP contribution < -0.4 is 0 Å². The Morgan fingerprint density at radius 3 is 2.33 bits per heavy atom. The molecule has 0 N–H and O–H groups in total. The van der Waals surface area contributed by atoms with Crippen LogP contribution in [0.2, 0.25) is 0 Å². The van der Waals surface area contributed by atoms with Crippen LogP contribution in [0.1, 0.15) is 32.8 Å². The van der Waals surface area contributed by atoms with E-state index in [0.29, 0.717) is 0 Å². The van der Waals surface area contributed by atoms with E-state index in [1.807, 2.05) is 18.2 Å². The summed E-state index contributed by atoms with van der Waals surface area (Å²) in [5.41, 5.74) is 1.23. The van der Waals surface area contributed by atoms with Crippen LogP contribution >= 0.6 is 0 Å². The monoisotopic (exact) mass is 277 g/mol. The molecule has 81 valence electrons. The predicted molar refractivity (Wildman–Crippen MR) is 63.0 cm³/mol. The summed E-state index contributed by atoms with van der Waals surface area (Å²) in [4.78, 5) is 0. The van der Waals surface area contributed by atoms with Crippen LogP contribution in [0.5, 0.6) is 0 Å². The van der Waals surface area contributed by atoms with Gasteiger partial charge in [-0.15, -0.1) is 0 Å². The second kappa shape index (κ2) is 12.1. The Morgan fingerprint density at radius 1 is 1.33 bits per heavy atom. The molecular weight excluding hydrogens is 257 g/mol. The van der Waals surface area contributed by atoms with E-state index in [4.69, 9.17) is 0 Å². The van der Waals surface area contributed by atoms with Gasteiger partial charge < -0.3 is 6.08 Å². The Balaban J connectivity index is 0. The molecule has 0 aliphatic heterocycles. The standard InChI is InChI=1S/C10H10.C4H10.Y/c1-2-3-7-10-8-5-4-6-9-10;1-4(2)3;/h4-6,8H,1,3,7H2;4H,1-3H3;/q-2;;. The van der Waals surface area contributed by atoms with Gasteiger partial charge in [0.15, 0.2) is 0 Å². The van der Waals surface area contributed by atoms with Crippen molar-refractivity contribution in [2.45, 2.75) is 33.6 Å². The Hall–Kier alpha value is 0.0639. The van der Waals surface area contributed by atoms with Crippen molar-refractivity contribution in [2.24, 2.45) is 5.92 Å². The number of benzene rings is 1. The van der Waals surface area contributed by atoms with Crippen molar-refractivity contribution in [1.29, 1.82) is 0 Å². The fourth-order valence-electron chi connectivity index (χ4n) is 0.809. The third-order valence-corrected chi connectivity index (χ3v) is 1.34. The molecular formula is C14H20Y-2. The van der Waals surface area contributed by atoms with E-state index >= 15 is 0 Å². The second-order valence-corrected chi connectivity index (χ2v) is 3.87. The van der Waals surface area contributed by atoms with E-state index in [1.54, 1.807) is 0 Å². The van der Waals surface area contributed by atoms with Gasteiger partial charge in [0.1, 0.15) is 0 Å². The summed E-state index contributed by atoms with van der Waals surface area (Å²) < 4.78 is 0. The molecule has 0 spiro atoms. The van der Waals surface area contributed by atoms with Gasteiger partial charge in [0.2, 0.25) is 0 Å². The third kappa shape index (κ3) is 14.1. The minimum absolute atomic E-state index is 0. The molecule has 0 amide bonds. The van der Waals surface area contributed by atoms with E-state index < -0.39 is 0 Å². The van der Waals surface area contributed by atoms with Crippen LogP contribution in [0.15, 0.2) is 30.8 Å². The zero-order valence-corrected chi connectivity index (χ0v) is 12.9. The first-order valence-corrected chi connectivity index (χ1v) is 5.12. The first kappa shape index (κ1) is 17.5. The van der Waals surface area contributed by atoms with E-state index in [1.165, 1.54) is 5.56 Å². The van der Waals surface area contributed by atoms with Gasteiger partial charge in [0.05, 0.1) is 0 Å². The first-order valence-electron chi connectivity index (χ1n) is 5.12. The Labute approximate surface area is 120 Å². The molecule has 1 radical (unpaired) electrons. The summed E-state index contributed by atoms with van der Waals surface area (Å²) in [5, 5.41) is 0. The maximum atomic E-state index is 3.54. The van der Waals surface area contributed by atoms with Crippen LogP contribution in [-0.4, -0.2) is 0 Å². The largest absolute Gasteiger partial charge is 0.504 e. The van der Waals surface area contributed by atoms with Gasteiger partial charge in [0.25, 0.3) is 0 Å². The summed E-state index contributed by atoms with van der Waals surface area (Å²) in [6.07, 6.45) is 4.77. The van der Waals surface area contributed by atoms with Crippen molar-refractivity contribution in [3.05, 3.63) is 48.6 Å². The van der Waals surface area contributed by atoms with Crippen LogP contribution in [0.3, 0.4) is 0 Å². The van der Waals surface area contributed by atoms with E-state index in [0.717, 1.165) is 18.8 Å². The van der Waals surface area contributed by atoms with Crippen molar-refractivity contribution in [2.75, 3.05) is 0 Å². The normalized spacial score (nSPS) is 8.53. The van der Waals surface area contributed by atoms with Gasteiger partial charge in [-0.25, -0.2) is 0 Å². The molecule has 0 aliphatic carbocycles. The summed E-state index contributed by atoms with van der Waals surface area (Å²) in [7, 11) is 0. The van der Waals surface area contributed by atoms with E-state index in [-0.39, 0.29) is 32.7 Å². The van der Waals surface area contributed by atoms with Gasteiger partial charge in [-0.05, 0) is 5.92 Å². The molecule has 1 aromatic carbocycles. The van der Waals surface area contributed by atoms with Crippen LogP contribution in [-0.2, 0) is 39.1 Å². The molecule has 0 saturated heterocycles. The zero-order chi connectivity index (χ0) is 10.8. The second-order valence-electron chi connectivity index (χ2n) is 3.87. The quantitative estimate of drug-likeness (QED) is 0.731. The van der Waals surface area contributed by atoms with Gasteiger partial charge in [-0.1, -0.05) is 27.2 Å². The van der Waals surface area contributed by atoms with Gasteiger partial charge >= 0.3 is 0 Å². The minimum atomic E-state index is 0. The maximum absolute atomic E-state index is 3.54. The molecule has 1 rings (SSSR count). The van der Waals surface area contributed by atoms with Crippen molar-refractivity contribution < 1.29 is 32.7 Å². The number of rotatable bonds is 3. The molecule has 0 aliphatic rings. The van der Waals surface area contributed by atoms with Crippen molar-refractivity contribution in [3.8, 4) is 0 Å². The number of aryl methyl sites for hydroxylation is 1. The van der Waals surface area contributed by atoms with E-state index in [9.17, 15) is 0 Å². The van der Waals surface area contributed by atoms with E-state index in [2.05, 4.69) is 45.6 Å². The SMILES string of the molecule is C=[C-]CCc1[c-]cccc1.CC(C)C.[Y]. The molecule has 0 saturated carbocycles. The summed E-state index contributed by atoms with van der Waals surface area (Å²) in [5.74, 6) is 0.833. The number of allylic oxidation sites excluding steroid dienone is 1. The molecule has 0 heterocycles. The van der Waals surface area contributed by atoms with Crippen LogP contribution in [0, 0.1) is 18.1 Å². The summed E-state index contributed by atoms with van der Waals surface area (Å²) in [6.45, 7) is 10.0. The van der Waals surface area contributed by atoms with Crippen molar-refractivity contribution in [1.82, 2.24) is 0 Å². The van der Waals surface area contributed by atoms with Crippen molar-refractivity contribution >= 4 is 0 Å². The molecule has 1 aromatic rings. The molecule has 0 fully saturated rings. The van der Waals surface area contributed by atoms with Crippen LogP contribution in [0.25, 0.3) is 0 Å². The predicted octanol–water partition coefficient (Wildman–Crippen LogP) is 4.07. The van der Waals surface area contributed by atoms with Gasteiger partial charge in [-0.2, -0.15) is 42.3 Å².